The average molecular weight is 795 g/mol. The molecule has 6 rings (SSSR count). The lowest BCUT2D eigenvalue weighted by atomic mass is 9.95. The summed E-state index contributed by atoms with van der Waals surface area (Å²) in [7, 11) is 1.58. The molecule has 0 bridgehead atoms. The number of amides is 3. The summed E-state index contributed by atoms with van der Waals surface area (Å²) in [6, 6.07) is 16.3. The summed E-state index contributed by atoms with van der Waals surface area (Å²) in [5.41, 5.74) is 3.70. The highest BCUT2D eigenvalue weighted by Gasteiger charge is 2.39. The Hall–Kier alpha value is -4.82. The molecule has 0 saturated carbocycles. The minimum atomic E-state index is -0.591. The van der Waals surface area contributed by atoms with Crippen LogP contribution < -0.4 is 20.1 Å². The van der Waals surface area contributed by atoms with Crippen molar-refractivity contribution in [1.29, 1.82) is 0 Å². The van der Waals surface area contributed by atoms with Gasteiger partial charge in [-0.3, -0.25) is 9.59 Å². The monoisotopic (exact) mass is 793 g/mol. The van der Waals surface area contributed by atoms with E-state index < -0.39 is 17.2 Å². The Kier molecular flexibility index (Phi) is 12.0. The topological polar surface area (TPSA) is 142 Å². The molecule has 0 radical (unpaired) electrons. The van der Waals surface area contributed by atoms with E-state index in [-0.39, 0.29) is 50.3 Å². The van der Waals surface area contributed by atoms with Gasteiger partial charge in [0, 0.05) is 51.6 Å². The Morgan fingerprint density at radius 3 is 2.47 bits per heavy atom. The van der Waals surface area contributed by atoms with Crippen molar-refractivity contribution in [3.63, 3.8) is 0 Å². The number of hydrogen-bond acceptors (Lipinski definition) is 9. The van der Waals surface area contributed by atoms with Crippen molar-refractivity contribution in [3.05, 3.63) is 75.9 Å². The lowest BCUT2D eigenvalue weighted by Gasteiger charge is -2.41. The molecule has 13 nitrogen and oxygen atoms in total. The predicted octanol–water partition coefficient (Wildman–Crippen LogP) is 7.54. The first-order chi connectivity index (χ1) is 26.1. The molecule has 4 aromatic rings. The zero-order valence-corrected chi connectivity index (χ0v) is 33.2. The largest absolute Gasteiger partial charge is 0.496 e. The van der Waals surface area contributed by atoms with Gasteiger partial charge in [-0.2, -0.15) is 5.10 Å². The second kappa shape index (κ2) is 16.5. The predicted molar refractivity (Wildman–Crippen MR) is 210 cm³/mol. The molecule has 2 aliphatic heterocycles. The maximum absolute atomic E-state index is 14.3. The van der Waals surface area contributed by atoms with E-state index in [1.165, 1.54) is 0 Å². The third-order valence-electron chi connectivity index (χ3n) is 8.94. The smallest absolute Gasteiger partial charge is 0.407 e. The van der Waals surface area contributed by atoms with Gasteiger partial charge in [-0.15, -0.1) is 0 Å². The van der Waals surface area contributed by atoms with Crippen LogP contribution in [0.1, 0.15) is 57.1 Å². The number of alkyl carbamates (subject to hydrolysis) is 1. The maximum Gasteiger partial charge on any atom is 0.407 e. The Balaban J connectivity index is 1.27. The summed E-state index contributed by atoms with van der Waals surface area (Å²) >= 11 is 12.9. The molecule has 0 spiro atoms. The first-order valence-corrected chi connectivity index (χ1v) is 18.7. The Morgan fingerprint density at radius 1 is 1.00 bits per heavy atom. The van der Waals surface area contributed by atoms with E-state index in [0.717, 1.165) is 5.56 Å². The van der Waals surface area contributed by atoms with Crippen molar-refractivity contribution in [2.45, 2.75) is 58.8 Å². The van der Waals surface area contributed by atoms with Crippen molar-refractivity contribution in [1.82, 2.24) is 20.0 Å². The second-order valence-electron chi connectivity index (χ2n) is 14.8. The molecule has 0 aliphatic carbocycles. The van der Waals surface area contributed by atoms with Crippen LogP contribution >= 0.6 is 23.2 Å². The van der Waals surface area contributed by atoms with Crippen LogP contribution in [-0.2, 0) is 25.6 Å². The molecular weight excluding hydrogens is 749 g/mol. The molecule has 2 N–H and O–H groups in total. The van der Waals surface area contributed by atoms with Crippen molar-refractivity contribution >= 4 is 46.8 Å². The highest BCUT2D eigenvalue weighted by molar-refractivity contribution is 6.34. The molecule has 3 aromatic carbocycles. The van der Waals surface area contributed by atoms with Gasteiger partial charge in [0.05, 0.1) is 56.9 Å². The molecule has 1 saturated heterocycles. The number of morpholine rings is 1. The van der Waals surface area contributed by atoms with E-state index in [1.54, 1.807) is 61.7 Å². The highest BCUT2D eigenvalue weighted by atomic mass is 35.5. The lowest BCUT2D eigenvalue weighted by molar-refractivity contribution is -0.117. The normalized spacial score (nSPS) is 14.7. The van der Waals surface area contributed by atoms with Gasteiger partial charge in [-0.25, -0.2) is 9.48 Å². The summed E-state index contributed by atoms with van der Waals surface area (Å²) in [6.45, 7) is 11.3. The number of hydrogen-bond donors (Lipinski definition) is 2. The van der Waals surface area contributed by atoms with Gasteiger partial charge < -0.3 is 39.2 Å². The van der Waals surface area contributed by atoms with Gasteiger partial charge in [-0.05, 0) is 76.6 Å². The standard InChI is InChI=1S/C40H45Cl2N5O8/c1-39(2,3)55-38(50)43-11-14-52-13-10-34(48)44-27-9-7-8-24(16-27)29-20-30-33(21-32(29)51-6)54-22-31-35(37(49)46-12-15-53-23-40(46,4)5)45-47(36(30)31)28-18-25(41)17-26(42)19-28/h7-9,16-21H,10-15,22-23H2,1-6H3,(H,43,50)(H,44,48). The van der Waals surface area contributed by atoms with Gasteiger partial charge in [0.1, 0.15) is 23.7 Å². The minimum absolute atomic E-state index is 0.0937. The number of nitrogens with one attached hydrogen (secondary N) is 2. The van der Waals surface area contributed by atoms with Crippen LogP contribution in [0.25, 0.3) is 28.1 Å². The van der Waals surface area contributed by atoms with E-state index in [4.69, 9.17) is 52.0 Å². The lowest BCUT2D eigenvalue weighted by Crippen LogP contribution is -2.55. The number of benzene rings is 3. The first-order valence-electron chi connectivity index (χ1n) is 17.9. The molecule has 15 heteroatoms. The highest BCUT2D eigenvalue weighted by Crippen LogP contribution is 2.47. The van der Waals surface area contributed by atoms with Gasteiger partial charge in [0.15, 0.2) is 5.69 Å². The minimum Gasteiger partial charge on any atom is -0.496 e. The molecule has 1 fully saturated rings. The van der Waals surface area contributed by atoms with Crippen molar-refractivity contribution in [3.8, 4) is 39.6 Å². The third-order valence-corrected chi connectivity index (χ3v) is 9.38. The quantitative estimate of drug-likeness (QED) is 0.147. The summed E-state index contributed by atoms with van der Waals surface area (Å²) < 4.78 is 30.3. The van der Waals surface area contributed by atoms with Gasteiger partial charge in [-0.1, -0.05) is 35.3 Å². The van der Waals surface area contributed by atoms with Crippen LogP contribution in [-0.4, -0.2) is 90.4 Å². The number of methoxy groups -OCH3 is 1. The number of anilines is 1. The van der Waals surface area contributed by atoms with Crippen molar-refractivity contribution in [2.75, 3.05) is 51.9 Å². The fourth-order valence-corrected chi connectivity index (χ4v) is 6.97. The molecule has 3 heterocycles. The zero-order chi connectivity index (χ0) is 39.5. The van der Waals surface area contributed by atoms with Gasteiger partial charge in [0.2, 0.25) is 5.91 Å². The molecular formula is C40H45Cl2N5O8. The van der Waals surface area contributed by atoms with Gasteiger partial charge >= 0.3 is 6.09 Å². The van der Waals surface area contributed by atoms with Gasteiger partial charge in [0.25, 0.3) is 5.91 Å². The fraction of sp³-hybridized carbons (Fsp3) is 0.400. The number of halogens is 2. The first kappa shape index (κ1) is 39.9. The molecule has 55 heavy (non-hydrogen) atoms. The van der Waals surface area contributed by atoms with Crippen LogP contribution in [0.2, 0.25) is 10.0 Å². The van der Waals surface area contributed by atoms with E-state index >= 15 is 0 Å². The number of fused-ring (bicyclic) bond motifs is 3. The third kappa shape index (κ3) is 9.35. The Morgan fingerprint density at radius 2 is 1.76 bits per heavy atom. The summed E-state index contributed by atoms with van der Waals surface area (Å²) in [4.78, 5) is 40.7. The van der Waals surface area contributed by atoms with E-state index in [9.17, 15) is 14.4 Å². The Labute approximate surface area is 330 Å². The summed E-state index contributed by atoms with van der Waals surface area (Å²) in [5.74, 6) is 0.613. The van der Waals surface area contributed by atoms with E-state index in [0.29, 0.717) is 75.1 Å². The molecule has 292 valence electrons. The van der Waals surface area contributed by atoms with Crippen LogP contribution in [0.4, 0.5) is 10.5 Å². The average Bonchev–Trinajstić information content (AvgIpc) is 3.51. The molecule has 0 unspecified atom stereocenters. The molecule has 2 aliphatic rings. The van der Waals surface area contributed by atoms with Crippen LogP contribution in [0.5, 0.6) is 11.5 Å². The number of nitrogens with zero attached hydrogens (tertiary/aromatic N) is 3. The number of aromatic nitrogens is 2. The van der Waals surface area contributed by atoms with Crippen LogP contribution in [0, 0.1) is 0 Å². The summed E-state index contributed by atoms with van der Waals surface area (Å²) in [5, 5.41) is 11.3. The SMILES string of the molecule is COc1cc2c(cc1-c1cccc(NC(=O)CCOCCNC(=O)OC(C)(C)C)c1)-c1c(c(C(=O)N3CCOCC3(C)C)nn1-c1cc(Cl)cc(Cl)c1)CO2. The zero-order valence-electron chi connectivity index (χ0n) is 31.7. The maximum atomic E-state index is 14.3. The number of rotatable bonds is 11. The van der Waals surface area contributed by atoms with E-state index in [1.807, 2.05) is 44.2 Å². The van der Waals surface area contributed by atoms with Crippen LogP contribution in [0.3, 0.4) is 0 Å². The molecule has 1 aromatic heterocycles. The fourth-order valence-electron chi connectivity index (χ4n) is 6.45. The number of carbonyl (C=O) groups excluding carboxylic acids is 3. The number of ether oxygens (including phenoxy) is 5. The van der Waals surface area contributed by atoms with Crippen molar-refractivity contribution in [2.24, 2.45) is 0 Å². The number of carbonyl (C=O) groups is 3. The van der Waals surface area contributed by atoms with Crippen molar-refractivity contribution < 1.29 is 38.1 Å². The Bertz CT molecular complexity index is 2070. The molecule has 3 amide bonds. The van der Waals surface area contributed by atoms with Crippen LogP contribution in [0.15, 0.2) is 54.6 Å². The summed E-state index contributed by atoms with van der Waals surface area (Å²) in [6.07, 6.45) is -0.416. The molecule has 0 atom stereocenters. The van der Waals surface area contributed by atoms with E-state index in [2.05, 4.69) is 10.6 Å². The second-order valence-corrected chi connectivity index (χ2v) is 15.7.